The van der Waals surface area contributed by atoms with Crippen molar-refractivity contribution in [3.8, 4) is 0 Å². The molecule has 0 saturated heterocycles. The van der Waals surface area contributed by atoms with Crippen molar-refractivity contribution in [1.29, 1.82) is 0 Å². The summed E-state index contributed by atoms with van der Waals surface area (Å²) in [6.45, 7) is 0. The van der Waals surface area contributed by atoms with Crippen LogP contribution in [-0.4, -0.2) is 28.7 Å². The molecule has 4 heteroatoms. The van der Waals surface area contributed by atoms with Gasteiger partial charge < -0.3 is 15.2 Å². The monoisotopic (exact) mass is 258 g/mol. The van der Waals surface area contributed by atoms with Gasteiger partial charge in [-0.15, -0.1) is 0 Å². The Labute approximate surface area is 114 Å². The van der Waals surface area contributed by atoms with Crippen LogP contribution in [0.4, 0.5) is 5.69 Å². The summed E-state index contributed by atoms with van der Waals surface area (Å²) in [6, 6.07) is 7.22. The molecule has 1 heterocycles. The topological polar surface area (TPSA) is 47.1 Å². The maximum atomic E-state index is 6.27. The summed E-state index contributed by atoms with van der Waals surface area (Å²) < 4.78 is 2.05. The number of rotatable bonds is 2. The summed E-state index contributed by atoms with van der Waals surface area (Å²) in [5.74, 6) is 0. The Balaban J connectivity index is 1.90. The van der Waals surface area contributed by atoms with Gasteiger partial charge in [0.25, 0.3) is 0 Å². The van der Waals surface area contributed by atoms with Crippen LogP contribution < -0.4 is 10.6 Å². The van der Waals surface area contributed by atoms with Gasteiger partial charge in [-0.05, 0) is 31.0 Å². The third-order valence-corrected chi connectivity index (χ3v) is 4.40. The SMILES string of the molecule is CN(c1ccc2c(c1)ncn2C)C1CCCCC1N. The zero-order valence-electron chi connectivity index (χ0n) is 11.7. The van der Waals surface area contributed by atoms with Crippen molar-refractivity contribution in [2.24, 2.45) is 12.8 Å². The Bertz CT molecular complexity index is 575. The van der Waals surface area contributed by atoms with Gasteiger partial charge in [0.15, 0.2) is 0 Å². The van der Waals surface area contributed by atoms with E-state index in [-0.39, 0.29) is 6.04 Å². The molecular formula is C15H22N4. The molecule has 3 rings (SSSR count). The first-order valence-corrected chi connectivity index (χ1v) is 7.06. The summed E-state index contributed by atoms with van der Waals surface area (Å²) in [7, 11) is 4.18. The van der Waals surface area contributed by atoms with E-state index in [4.69, 9.17) is 5.73 Å². The summed E-state index contributed by atoms with van der Waals surface area (Å²) in [6.07, 6.45) is 6.75. The summed E-state index contributed by atoms with van der Waals surface area (Å²) >= 11 is 0. The maximum absolute atomic E-state index is 6.27. The molecule has 19 heavy (non-hydrogen) atoms. The summed E-state index contributed by atoms with van der Waals surface area (Å²) in [5, 5.41) is 0. The van der Waals surface area contributed by atoms with Crippen LogP contribution in [-0.2, 0) is 7.05 Å². The van der Waals surface area contributed by atoms with Crippen molar-refractivity contribution < 1.29 is 0 Å². The molecule has 2 aromatic rings. The number of aryl methyl sites for hydroxylation is 1. The van der Waals surface area contributed by atoms with Crippen molar-refractivity contribution in [1.82, 2.24) is 9.55 Å². The van der Waals surface area contributed by atoms with Crippen LogP contribution >= 0.6 is 0 Å². The lowest BCUT2D eigenvalue weighted by molar-refractivity contribution is 0.374. The van der Waals surface area contributed by atoms with E-state index in [1.807, 2.05) is 17.9 Å². The van der Waals surface area contributed by atoms with E-state index in [1.165, 1.54) is 30.5 Å². The second-order valence-corrected chi connectivity index (χ2v) is 5.66. The summed E-state index contributed by atoms with van der Waals surface area (Å²) in [4.78, 5) is 6.76. The first-order chi connectivity index (χ1) is 9.16. The number of benzene rings is 1. The fourth-order valence-corrected chi connectivity index (χ4v) is 3.16. The minimum Gasteiger partial charge on any atom is -0.370 e. The van der Waals surface area contributed by atoms with Gasteiger partial charge in [0.2, 0.25) is 0 Å². The molecule has 0 radical (unpaired) electrons. The number of anilines is 1. The first-order valence-electron chi connectivity index (χ1n) is 7.06. The highest BCUT2D eigenvalue weighted by molar-refractivity contribution is 5.79. The molecule has 1 aliphatic carbocycles. The van der Waals surface area contributed by atoms with Gasteiger partial charge >= 0.3 is 0 Å². The van der Waals surface area contributed by atoms with Gasteiger partial charge in [-0.3, -0.25) is 0 Å². The minimum atomic E-state index is 0.290. The summed E-state index contributed by atoms with van der Waals surface area (Å²) in [5.41, 5.74) is 9.71. The average molecular weight is 258 g/mol. The van der Waals surface area contributed by atoms with Crippen molar-refractivity contribution in [2.45, 2.75) is 37.8 Å². The molecule has 4 nitrogen and oxygen atoms in total. The molecule has 102 valence electrons. The van der Waals surface area contributed by atoms with Crippen molar-refractivity contribution >= 4 is 16.7 Å². The predicted molar refractivity (Wildman–Crippen MR) is 79.3 cm³/mol. The molecule has 0 aliphatic heterocycles. The number of nitrogens with zero attached hydrogens (tertiary/aromatic N) is 3. The molecule has 0 bridgehead atoms. The van der Waals surface area contributed by atoms with Crippen LogP contribution in [0.2, 0.25) is 0 Å². The van der Waals surface area contributed by atoms with E-state index in [0.717, 1.165) is 11.9 Å². The molecule has 2 atom stereocenters. The Morgan fingerprint density at radius 2 is 2.11 bits per heavy atom. The van der Waals surface area contributed by atoms with Crippen LogP contribution in [0.1, 0.15) is 25.7 Å². The van der Waals surface area contributed by atoms with Crippen molar-refractivity contribution in [2.75, 3.05) is 11.9 Å². The third-order valence-electron chi connectivity index (χ3n) is 4.40. The number of aromatic nitrogens is 2. The standard InChI is InChI=1S/C15H22N4/c1-18-10-17-13-9-11(7-8-15(13)18)19(2)14-6-4-3-5-12(14)16/h7-10,12,14H,3-6,16H2,1-2H3. The molecule has 0 spiro atoms. The largest absolute Gasteiger partial charge is 0.370 e. The van der Waals surface area contributed by atoms with Crippen LogP contribution in [0.25, 0.3) is 11.0 Å². The van der Waals surface area contributed by atoms with Gasteiger partial charge in [0, 0.05) is 31.9 Å². The minimum absolute atomic E-state index is 0.290. The first kappa shape index (κ1) is 12.5. The van der Waals surface area contributed by atoms with Crippen molar-refractivity contribution in [3.63, 3.8) is 0 Å². The predicted octanol–water partition coefficient (Wildman–Crippen LogP) is 2.28. The highest BCUT2D eigenvalue weighted by Crippen LogP contribution is 2.27. The normalized spacial score (nSPS) is 23.7. The van der Waals surface area contributed by atoms with Crippen LogP contribution in [0.15, 0.2) is 24.5 Å². The quantitative estimate of drug-likeness (QED) is 0.899. The highest BCUT2D eigenvalue weighted by Gasteiger charge is 2.25. The maximum Gasteiger partial charge on any atom is 0.0955 e. The van der Waals surface area contributed by atoms with Gasteiger partial charge in [-0.25, -0.2) is 4.98 Å². The van der Waals surface area contributed by atoms with Crippen molar-refractivity contribution in [3.05, 3.63) is 24.5 Å². The Morgan fingerprint density at radius 3 is 2.89 bits per heavy atom. The van der Waals surface area contributed by atoms with Gasteiger partial charge in [0.1, 0.15) is 0 Å². The third kappa shape index (κ3) is 2.21. The van der Waals surface area contributed by atoms with E-state index < -0.39 is 0 Å². The molecule has 1 aromatic carbocycles. The van der Waals surface area contributed by atoms with Crippen LogP contribution in [0.5, 0.6) is 0 Å². The number of fused-ring (bicyclic) bond motifs is 1. The fraction of sp³-hybridized carbons (Fsp3) is 0.533. The van der Waals surface area contributed by atoms with Crippen LogP contribution in [0.3, 0.4) is 0 Å². The number of likely N-dealkylation sites (N-methyl/N-ethyl adjacent to an activating group) is 1. The molecule has 0 amide bonds. The lowest BCUT2D eigenvalue weighted by Crippen LogP contribution is -2.48. The highest BCUT2D eigenvalue weighted by atomic mass is 15.2. The second-order valence-electron chi connectivity index (χ2n) is 5.66. The second kappa shape index (κ2) is 4.85. The Kier molecular flexibility index (Phi) is 3.19. The molecule has 2 N–H and O–H groups in total. The molecule has 1 aromatic heterocycles. The number of hydrogen-bond donors (Lipinski definition) is 1. The lowest BCUT2D eigenvalue weighted by Gasteiger charge is -2.37. The molecule has 1 fully saturated rings. The zero-order valence-corrected chi connectivity index (χ0v) is 11.7. The van der Waals surface area contributed by atoms with Gasteiger partial charge in [0.05, 0.1) is 17.4 Å². The fourth-order valence-electron chi connectivity index (χ4n) is 3.16. The lowest BCUT2D eigenvalue weighted by atomic mass is 9.90. The average Bonchev–Trinajstić information content (AvgIpc) is 2.80. The number of hydrogen-bond acceptors (Lipinski definition) is 3. The zero-order chi connectivity index (χ0) is 13.4. The Morgan fingerprint density at radius 1 is 1.32 bits per heavy atom. The van der Waals surface area contributed by atoms with E-state index in [2.05, 4.69) is 35.1 Å². The molecule has 1 aliphatic rings. The Hall–Kier alpha value is -1.55. The van der Waals surface area contributed by atoms with Gasteiger partial charge in [-0.2, -0.15) is 0 Å². The van der Waals surface area contributed by atoms with Gasteiger partial charge in [-0.1, -0.05) is 12.8 Å². The van der Waals surface area contributed by atoms with E-state index in [9.17, 15) is 0 Å². The van der Waals surface area contributed by atoms with E-state index in [1.54, 1.807) is 0 Å². The molecular weight excluding hydrogens is 236 g/mol. The number of imidazole rings is 1. The van der Waals surface area contributed by atoms with E-state index >= 15 is 0 Å². The molecule has 2 unspecified atom stereocenters. The molecule has 1 saturated carbocycles. The van der Waals surface area contributed by atoms with E-state index in [0.29, 0.717) is 6.04 Å². The van der Waals surface area contributed by atoms with Crippen LogP contribution in [0, 0.1) is 0 Å². The smallest absolute Gasteiger partial charge is 0.0955 e. The number of nitrogens with two attached hydrogens (primary N) is 1.